The number of rotatable bonds is 9. The smallest absolute Gasteiger partial charge is 0.0662 e. The molecule has 0 unspecified atom stereocenters. The van der Waals surface area contributed by atoms with Gasteiger partial charge in [0.2, 0.25) is 0 Å². The second-order valence-electron chi connectivity index (χ2n) is 4.37. The van der Waals surface area contributed by atoms with Crippen molar-refractivity contribution in [3.8, 4) is 0 Å². The Kier molecular flexibility index (Phi) is 6.93. The van der Waals surface area contributed by atoms with E-state index in [9.17, 15) is 0 Å². The molecule has 2 N–H and O–H groups in total. The highest BCUT2D eigenvalue weighted by Crippen LogP contribution is 2.13. The van der Waals surface area contributed by atoms with Crippen molar-refractivity contribution < 1.29 is 9.47 Å². The maximum absolute atomic E-state index is 5.60. The van der Waals surface area contributed by atoms with E-state index in [-0.39, 0.29) is 0 Å². The SMILES string of the molecule is COCCCOCCn1nc(C)c(CCN)c1C. The van der Waals surface area contributed by atoms with Gasteiger partial charge in [-0.05, 0) is 38.8 Å². The lowest BCUT2D eigenvalue weighted by Crippen LogP contribution is -2.11. The molecule has 0 aliphatic heterocycles. The quantitative estimate of drug-likeness (QED) is 0.670. The van der Waals surface area contributed by atoms with Crippen LogP contribution in [0, 0.1) is 13.8 Å². The first kappa shape index (κ1) is 15.1. The lowest BCUT2D eigenvalue weighted by molar-refractivity contribution is 0.0958. The van der Waals surface area contributed by atoms with Crippen molar-refractivity contribution in [2.24, 2.45) is 5.73 Å². The average Bonchev–Trinajstić information content (AvgIpc) is 2.62. The van der Waals surface area contributed by atoms with E-state index in [0.29, 0.717) is 13.2 Å². The largest absolute Gasteiger partial charge is 0.385 e. The van der Waals surface area contributed by atoms with Crippen LogP contribution in [0.3, 0.4) is 0 Å². The molecule has 18 heavy (non-hydrogen) atoms. The molecule has 0 radical (unpaired) electrons. The standard InChI is InChI=1S/C13H25N3O2/c1-11-13(5-6-14)12(2)16(15-11)7-10-18-9-4-8-17-3/h4-10,14H2,1-3H3. The van der Waals surface area contributed by atoms with Crippen LogP contribution in [0.5, 0.6) is 0 Å². The van der Waals surface area contributed by atoms with Crippen LogP contribution in [0.15, 0.2) is 0 Å². The first-order valence-corrected chi connectivity index (χ1v) is 6.50. The lowest BCUT2D eigenvalue weighted by Gasteiger charge is -2.06. The highest BCUT2D eigenvalue weighted by molar-refractivity contribution is 5.24. The minimum Gasteiger partial charge on any atom is -0.385 e. The number of ether oxygens (including phenoxy) is 2. The molecule has 0 atom stereocenters. The first-order valence-electron chi connectivity index (χ1n) is 6.50. The molecule has 104 valence electrons. The van der Waals surface area contributed by atoms with Gasteiger partial charge in [0.15, 0.2) is 0 Å². The van der Waals surface area contributed by atoms with E-state index in [0.717, 1.165) is 38.3 Å². The van der Waals surface area contributed by atoms with Gasteiger partial charge in [0, 0.05) is 26.0 Å². The molecule has 0 aromatic carbocycles. The fraction of sp³-hybridized carbons (Fsp3) is 0.769. The third-order valence-electron chi connectivity index (χ3n) is 3.01. The number of hydrogen-bond acceptors (Lipinski definition) is 4. The molecule has 5 heteroatoms. The van der Waals surface area contributed by atoms with Gasteiger partial charge in [-0.1, -0.05) is 0 Å². The monoisotopic (exact) mass is 255 g/mol. The number of nitrogens with two attached hydrogens (primary N) is 1. The first-order chi connectivity index (χ1) is 8.70. The lowest BCUT2D eigenvalue weighted by atomic mass is 10.1. The number of methoxy groups -OCH3 is 1. The third kappa shape index (κ3) is 4.40. The van der Waals surface area contributed by atoms with E-state index < -0.39 is 0 Å². The van der Waals surface area contributed by atoms with Gasteiger partial charge in [0.1, 0.15) is 0 Å². The summed E-state index contributed by atoms with van der Waals surface area (Å²) in [5, 5.41) is 4.52. The Hall–Kier alpha value is -0.910. The summed E-state index contributed by atoms with van der Waals surface area (Å²) in [6, 6.07) is 0. The van der Waals surface area contributed by atoms with Crippen molar-refractivity contribution in [2.75, 3.05) is 33.5 Å². The Morgan fingerprint density at radius 3 is 2.67 bits per heavy atom. The van der Waals surface area contributed by atoms with Gasteiger partial charge in [0.25, 0.3) is 0 Å². The van der Waals surface area contributed by atoms with Crippen molar-refractivity contribution in [1.29, 1.82) is 0 Å². The van der Waals surface area contributed by atoms with E-state index >= 15 is 0 Å². The summed E-state index contributed by atoms with van der Waals surface area (Å²) in [5.41, 5.74) is 9.16. The zero-order chi connectivity index (χ0) is 13.4. The molecule has 0 saturated heterocycles. The zero-order valence-electron chi connectivity index (χ0n) is 11.7. The molecule has 0 bridgehead atoms. The molecule has 5 nitrogen and oxygen atoms in total. The zero-order valence-corrected chi connectivity index (χ0v) is 11.7. The Labute approximate surface area is 109 Å². The van der Waals surface area contributed by atoms with Gasteiger partial charge < -0.3 is 15.2 Å². The minimum atomic E-state index is 0.668. The molecule has 0 amide bonds. The molecule has 1 aromatic rings. The molecule has 0 aliphatic rings. The van der Waals surface area contributed by atoms with Crippen LogP contribution < -0.4 is 5.73 Å². The van der Waals surface area contributed by atoms with E-state index in [1.807, 2.05) is 11.6 Å². The molecule has 1 heterocycles. The minimum absolute atomic E-state index is 0.668. The second kappa shape index (κ2) is 8.24. The van der Waals surface area contributed by atoms with Gasteiger partial charge in [-0.2, -0.15) is 5.10 Å². The van der Waals surface area contributed by atoms with Crippen molar-refractivity contribution in [1.82, 2.24) is 9.78 Å². The van der Waals surface area contributed by atoms with Gasteiger partial charge in [0.05, 0.1) is 18.8 Å². The van der Waals surface area contributed by atoms with Crippen LogP contribution in [0.4, 0.5) is 0 Å². The van der Waals surface area contributed by atoms with E-state index in [1.165, 1.54) is 11.3 Å². The topological polar surface area (TPSA) is 62.3 Å². The summed E-state index contributed by atoms with van der Waals surface area (Å²) in [6.45, 7) is 7.77. The van der Waals surface area contributed by atoms with Crippen molar-refractivity contribution in [2.45, 2.75) is 33.2 Å². The molecular formula is C13H25N3O2. The van der Waals surface area contributed by atoms with Crippen molar-refractivity contribution in [3.63, 3.8) is 0 Å². The molecule has 0 saturated carbocycles. The van der Waals surface area contributed by atoms with Crippen LogP contribution in [0.2, 0.25) is 0 Å². The van der Waals surface area contributed by atoms with Gasteiger partial charge in [-0.15, -0.1) is 0 Å². The predicted octanol–water partition coefficient (Wildman–Crippen LogP) is 1.05. The summed E-state index contributed by atoms with van der Waals surface area (Å²) < 4.78 is 12.5. The Balaban J connectivity index is 2.36. The van der Waals surface area contributed by atoms with E-state index in [2.05, 4.69) is 12.0 Å². The molecule has 0 spiro atoms. The summed E-state index contributed by atoms with van der Waals surface area (Å²) in [4.78, 5) is 0. The van der Waals surface area contributed by atoms with Crippen LogP contribution >= 0.6 is 0 Å². The maximum Gasteiger partial charge on any atom is 0.0662 e. The molecule has 0 aliphatic carbocycles. The number of aryl methyl sites for hydroxylation is 1. The fourth-order valence-electron chi connectivity index (χ4n) is 2.02. The molecular weight excluding hydrogens is 230 g/mol. The fourth-order valence-corrected chi connectivity index (χ4v) is 2.02. The molecule has 1 rings (SSSR count). The van der Waals surface area contributed by atoms with Gasteiger partial charge >= 0.3 is 0 Å². The number of aromatic nitrogens is 2. The normalized spacial score (nSPS) is 11.1. The Bertz CT molecular complexity index is 350. The third-order valence-corrected chi connectivity index (χ3v) is 3.01. The highest BCUT2D eigenvalue weighted by atomic mass is 16.5. The van der Waals surface area contributed by atoms with Gasteiger partial charge in [-0.25, -0.2) is 0 Å². The number of nitrogens with zero attached hydrogens (tertiary/aromatic N) is 2. The van der Waals surface area contributed by atoms with E-state index in [1.54, 1.807) is 7.11 Å². The second-order valence-corrected chi connectivity index (χ2v) is 4.37. The summed E-state index contributed by atoms with van der Waals surface area (Å²) in [5.74, 6) is 0. The Morgan fingerprint density at radius 2 is 2.00 bits per heavy atom. The van der Waals surface area contributed by atoms with Gasteiger partial charge in [-0.3, -0.25) is 4.68 Å². The average molecular weight is 255 g/mol. The van der Waals surface area contributed by atoms with Crippen LogP contribution in [0.1, 0.15) is 23.4 Å². The van der Waals surface area contributed by atoms with Crippen LogP contribution in [-0.2, 0) is 22.4 Å². The molecule has 1 aromatic heterocycles. The summed E-state index contributed by atoms with van der Waals surface area (Å²) in [6.07, 6.45) is 1.83. The Morgan fingerprint density at radius 1 is 1.22 bits per heavy atom. The molecule has 0 fully saturated rings. The van der Waals surface area contributed by atoms with Crippen molar-refractivity contribution in [3.05, 3.63) is 17.0 Å². The van der Waals surface area contributed by atoms with Crippen LogP contribution in [0.25, 0.3) is 0 Å². The highest BCUT2D eigenvalue weighted by Gasteiger charge is 2.09. The predicted molar refractivity (Wildman–Crippen MR) is 71.8 cm³/mol. The summed E-state index contributed by atoms with van der Waals surface area (Å²) in [7, 11) is 1.70. The number of hydrogen-bond donors (Lipinski definition) is 1. The maximum atomic E-state index is 5.60. The van der Waals surface area contributed by atoms with E-state index in [4.69, 9.17) is 15.2 Å². The van der Waals surface area contributed by atoms with Crippen molar-refractivity contribution >= 4 is 0 Å². The van der Waals surface area contributed by atoms with Crippen LogP contribution in [-0.4, -0.2) is 43.3 Å². The summed E-state index contributed by atoms with van der Waals surface area (Å²) >= 11 is 0.